The van der Waals surface area contributed by atoms with Gasteiger partial charge in [0.05, 0.1) is 87.6 Å². The van der Waals surface area contributed by atoms with Gasteiger partial charge in [-0.3, -0.25) is 29.2 Å². The third-order valence-corrected chi connectivity index (χ3v) is 27.5. The van der Waals surface area contributed by atoms with Gasteiger partial charge >= 0.3 is 31.5 Å². The molecule has 8 amide bonds. The van der Waals surface area contributed by atoms with Crippen molar-refractivity contribution in [3.63, 3.8) is 0 Å². The number of aromatic amines is 2. The first-order valence-corrected chi connectivity index (χ1v) is 44.7. The van der Waals surface area contributed by atoms with Gasteiger partial charge in [0.2, 0.25) is 23.6 Å². The van der Waals surface area contributed by atoms with Gasteiger partial charge in [0.1, 0.15) is 35.8 Å². The van der Waals surface area contributed by atoms with Crippen LogP contribution in [0.5, 0.6) is 0 Å². The number of methoxy groups -OCH3 is 4. The van der Waals surface area contributed by atoms with E-state index in [1.807, 2.05) is 80.4 Å². The standard InChI is InChI=1S/C45H51N7O6.C33H42BN3O5.C18H21BrN4O3/c1-25(2)39(50-45(56)58-5)43(54)52-35-17-16-33(21-35)40(52)36-22-34(23-46-36)32-15-14-30-19-29(12-13-31(30)20-32)27-8-10-28(11-9-27)37-24-47-41(49-37)38-7-6-18-51(38)42(53)26(3)48-44(55)57-4;1-19(2)28(36-31(39)40-7)30(38)37-26-13-11-23(16-26)29(37)27-17-24(18-35-27)21-8-9-22-15-25(12-10-20(22)14-21)34-41-32(3,4)33(5,6)42-34;1-11(21-18(25)26-2)17(24)23-9-3-4-15(23)16-20-10-14(22-16)12-5-7-13(19)8-6-12/h8-15,19-20,23-26,33,35,38-40H,6-7,16-18,21-22H2,1-5H3,(H,47,49)(H,48,55)(H,50,56);8-10,12,14-15,18-19,23,26,28-29H,11,13,16-17H2,1-7H3,(H,36,39);5-8,10-11,15H,3-4,9H2,1-2H3,(H,20,22)(H,21,25)/t26-,33-,35+,38-,39-,40-;23-,26+,28-,29-;11-,15-/m000/s1. The molecule has 6 aromatic carbocycles. The van der Waals surface area contributed by atoms with Crippen LogP contribution >= 0.6 is 15.9 Å². The number of aromatic nitrogens is 4. The molecule has 17 rings (SSSR count). The summed E-state index contributed by atoms with van der Waals surface area (Å²) in [5.74, 6) is 1.74. The predicted octanol–water partition coefficient (Wildman–Crippen LogP) is 15.6. The normalized spacial score (nSPS) is 22.7. The van der Waals surface area contributed by atoms with Crippen LogP contribution in [-0.2, 0) is 47.4 Å². The summed E-state index contributed by atoms with van der Waals surface area (Å²) in [6.45, 7) is 20.6. The largest absolute Gasteiger partial charge is 0.494 e. The number of carbonyl (C=O) groups excluding carboxylic acids is 8. The zero-order chi connectivity index (χ0) is 89.3. The molecule has 0 unspecified atom stereocenters. The van der Waals surface area contributed by atoms with Gasteiger partial charge in [-0.15, -0.1) is 0 Å². The second kappa shape index (κ2) is 37.6. The Morgan fingerprint density at radius 2 is 0.833 bits per heavy atom. The number of piperidine rings is 2. The van der Waals surface area contributed by atoms with Crippen LogP contribution in [0.25, 0.3) is 66.3 Å². The summed E-state index contributed by atoms with van der Waals surface area (Å²) >= 11 is 3.43. The molecule has 30 heteroatoms. The average Bonchev–Trinajstić information content (AvgIpc) is 1.58. The van der Waals surface area contributed by atoms with Crippen LogP contribution in [0.2, 0.25) is 0 Å². The molecule has 2 aromatic heterocycles. The van der Waals surface area contributed by atoms with E-state index in [1.54, 1.807) is 29.8 Å². The number of hydrogen-bond donors (Lipinski definition) is 6. The highest BCUT2D eigenvalue weighted by Gasteiger charge is 2.55. The predicted molar refractivity (Wildman–Crippen MR) is 488 cm³/mol. The number of amides is 8. The minimum absolute atomic E-state index is 0.0337. The van der Waals surface area contributed by atoms with Crippen molar-refractivity contribution in [3.05, 3.63) is 173 Å². The van der Waals surface area contributed by atoms with Crippen molar-refractivity contribution in [2.45, 2.75) is 218 Å². The lowest BCUT2D eigenvalue weighted by Crippen LogP contribution is -2.57. The molecule has 5 saturated heterocycles. The molecule has 662 valence electrons. The molecule has 0 radical (unpaired) electrons. The van der Waals surface area contributed by atoms with E-state index in [-0.39, 0.29) is 82.9 Å². The maximum Gasteiger partial charge on any atom is 0.494 e. The molecule has 126 heavy (non-hydrogen) atoms. The number of allylic oxidation sites excluding steroid dienone is 2. The number of nitrogens with one attached hydrogen (secondary N) is 6. The monoisotopic (exact) mass is 1780 g/mol. The van der Waals surface area contributed by atoms with Crippen LogP contribution in [0, 0.1) is 23.7 Å². The summed E-state index contributed by atoms with van der Waals surface area (Å²) in [5.41, 5.74) is 12.9. The van der Waals surface area contributed by atoms with Gasteiger partial charge < -0.3 is 79.1 Å². The Balaban J connectivity index is 0.000000157. The molecule has 0 spiro atoms. The second-order valence-corrected chi connectivity index (χ2v) is 37.1. The van der Waals surface area contributed by atoms with Crippen molar-refractivity contribution in [1.29, 1.82) is 0 Å². The number of rotatable bonds is 20. The SMILES string of the molecule is COC(=O)N[C@@H](C)C(=O)N1CCC[C@H]1c1ncc(-c2ccc(-c3ccc4cc(C5=CN=C([C@@H]6[C@H]7CC[C@H](C7)N6C(=O)[C@@H](NC(=O)OC)C(C)C)C5)ccc4c3)cc2)[nH]1.COC(=O)N[C@@H](C)C(=O)N1CCC[C@H]1c1ncc(-c2ccc(Br)cc2)[nH]1.COC(=O)N[C@H](C(=O)N1[C@@H]2CC[C@@H](C2)[C@H]1C1=NC=C(c2ccc3cc(B4OC(C)(C)C(C)(C)O4)ccc3c2)C1)C(C)C. The van der Waals surface area contributed by atoms with Gasteiger partial charge in [-0.25, -0.2) is 29.1 Å². The summed E-state index contributed by atoms with van der Waals surface area (Å²) in [7, 11) is 4.80. The minimum atomic E-state index is -0.702. The number of carbonyl (C=O) groups is 8. The Hall–Kier alpha value is -11.5. The highest BCUT2D eigenvalue weighted by molar-refractivity contribution is 9.10. The lowest BCUT2D eigenvalue weighted by Gasteiger charge is -2.38. The van der Waals surface area contributed by atoms with E-state index in [9.17, 15) is 38.4 Å². The fraction of sp³-hybridized carbons (Fsp3) is 0.458. The number of likely N-dealkylation sites (tertiary alicyclic amines) is 4. The maximum atomic E-state index is 14.0. The van der Waals surface area contributed by atoms with Crippen molar-refractivity contribution in [3.8, 4) is 33.6 Å². The Morgan fingerprint density at radius 3 is 1.25 bits per heavy atom. The lowest BCUT2D eigenvalue weighted by atomic mass is 9.78. The molecular weight excluding hydrogens is 1660 g/mol. The number of ether oxygens (including phenoxy) is 4. The maximum absolute atomic E-state index is 14.0. The Morgan fingerprint density at radius 1 is 0.460 bits per heavy atom. The van der Waals surface area contributed by atoms with Crippen molar-refractivity contribution < 1.29 is 66.6 Å². The number of alkyl carbamates (subject to hydrolysis) is 4. The average molecular weight is 1780 g/mol. The molecule has 28 nitrogen and oxygen atoms in total. The van der Waals surface area contributed by atoms with E-state index in [4.69, 9.17) is 28.8 Å². The topological polar surface area (TPSA) is 335 Å². The molecule has 6 N–H and O–H groups in total. The van der Waals surface area contributed by atoms with Crippen molar-refractivity contribution in [2.24, 2.45) is 33.7 Å². The number of H-pyrrole nitrogens is 2. The molecule has 9 heterocycles. The first kappa shape index (κ1) is 89.3. The number of imidazole rings is 2. The minimum Gasteiger partial charge on any atom is -0.453 e. The first-order chi connectivity index (χ1) is 60.4. The molecule has 2 saturated carbocycles. The van der Waals surface area contributed by atoms with Gasteiger partial charge in [0.25, 0.3) is 0 Å². The number of fused-ring (bicyclic) bond motifs is 6. The van der Waals surface area contributed by atoms with Crippen molar-refractivity contribution in [2.75, 3.05) is 41.5 Å². The third-order valence-electron chi connectivity index (χ3n) is 27.0. The van der Waals surface area contributed by atoms with Gasteiger partial charge in [-0.05, 0) is 231 Å². The number of benzene rings is 6. The smallest absolute Gasteiger partial charge is 0.453 e. The molecular formula is C96H114BBrN14O14. The van der Waals surface area contributed by atoms with Gasteiger partial charge in [-0.2, -0.15) is 0 Å². The van der Waals surface area contributed by atoms with E-state index in [2.05, 4.69) is 191 Å². The second-order valence-electron chi connectivity index (χ2n) is 36.2. The molecule has 2 aliphatic carbocycles. The molecule has 12 atom stereocenters. The first-order valence-electron chi connectivity index (χ1n) is 44.0. The Bertz CT molecular complexity index is 5570. The summed E-state index contributed by atoms with van der Waals surface area (Å²) in [4.78, 5) is 134. The van der Waals surface area contributed by atoms with Crippen LogP contribution in [0.1, 0.15) is 181 Å². The van der Waals surface area contributed by atoms with Crippen LogP contribution in [-0.4, -0.2) is 207 Å². The van der Waals surface area contributed by atoms with Crippen LogP contribution in [0.4, 0.5) is 19.2 Å². The van der Waals surface area contributed by atoms with Gasteiger partial charge in [0, 0.05) is 66.3 Å². The summed E-state index contributed by atoms with van der Waals surface area (Å²) in [5, 5.41) is 15.2. The number of nitrogens with zero attached hydrogens (tertiary/aromatic N) is 8. The van der Waals surface area contributed by atoms with Crippen LogP contribution in [0.3, 0.4) is 0 Å². The highest BCUT2D eigenvalue weighted by Crippen LogP contribution is 2.49. The van der Waals surface area contributed by atoms with E-state index in [0.717, 1.165) is 175 Å². The number of halogens is 1. The fourth-order valence-corrected chi connectivity index (χ4v) is 19.8. The number of aliphatic imine (C=N–C) groups is 2. The van der Waals surface area contributed by atoms with E-state index in [1.165, 1.54) is 28.4 Å². The Kier molecular flexibility index (Phi) is 26.6. The zero-order valence-electron chi connectivity index (χ0n) is 74.1. The summed E-state index contributed by atoms with van der Waals surface area (Å²) in [6.07, 6.45) is 16.0. The van der Waals surface area contributed by atoms with Crippen LogP contribution < -0.4 is 26.7 Å². The van der Waals surface area contributed by atoms with Crippen molar-refractivity contribution >= 4 is 121 Å². The molecule has 8 aromatic rings. The van der Waals surface area contributed by atoms with Crippen molar-refractivity contribution in [1.82, 2.24) is 60.8 Å². The van der Waals surface area contributed by atoms with Gasteiger partial charge in [0.15, 0.2) is 0 Å². The molecule has 9 aliphatic rings. The zero-order valence-corrected chi connectivity index (χ0v) is 75.7. The van der Waals surface area contributed by atoms with E-state index in [0.29, 0.717) is 37.8 Å². The summed E-state index contributed by atoms with van der Waals surface area (Å²) in [6, 6.07) is 39.6. The van der Waals surface area contributed by atoms with Gasteiger partial charge in [-0.1, -0.05) is 135 Å². The number of hydrogen-bond acceptors (Lipinski definition) is 18. The molecule has 4 bridgehead atoms. The van der Waals surface area contributed by atoms with E-state index < -0.39 is 55.7 Å². The lowest BCUT2D eigenvalue weighted by molar-refractivity contribution is -0.138. The quantitative estimate of drug-likeness (QED) is 0.0305. The highest BCUT2D eigenvalue weighted by atomic mass is 79.9. The molecule has 7 aliphatic heterocycles. The summed E-state index contributed by atoms with van der Waals surface area (Å²) < 4.78 is 32.4. The Labute approximate surface area is 743 Å². The third kappa shape index (κ3) is 18.7. The van der Waals surface area contributed by atoms with E-state index >= 15 is 0 Å². The molecule has 7 fully saturated rings. The van der Waals surface area contributed by atoms with Crippen LogP contribution in [0.15, 0.2) is 161 Å². The fourth-order valence-electron chi connectivity index (χ4n) is 19.5.